The maximum absolute atomic E-state index is 12.1. The summed E-state index contributed by atoms with van der Waals surface area (Å²) < 4.78 is 0. The number of rotatable bonds is 6. The van der Waals surface area contributed by atoms with Crippen LogP contribution in [0.5, 0.6) is 0 Å². The Bertz CT molecular complexity index is 741. The molecule has 25 heavy (non-hydrogen) atoms. The molecular formula is C21H26N2O2. The number of carbonyl (C=O) groups excluding carboxylic acids is 2. The number of amides is 2. The van der Waals surface area contributed by atoms with Gasteiger partial charge in [0.2, 0.25) is 11.8 Å². The summed E-state index contributed by atoms with van der Waals surface area (Å²) in [6.45, 7) is 7.98. The van der Waals surface area contributed by atoms with E-state index in [0.717, 1.165) is 27.9 Å². The molecule has 4 heteroatoms. The maximum atomic E-state index is 12.1. The van der Waals surface area contributed by atoms with Crippen molar-refractivity contribution in [2.75, 3.05) is 11.9 Å². The van der Waals surface area contributed by atoms with Gasteiger partial charge in [-0.15, -0.1) is 0 Å². The predicted octanol–water partition coefficient (Wildman–Crippen LogP) is 3.61. The number of hydrogen-bond donors (Lipinski definition) is 2. The summed E-state index contributed by atoms with van der Waals surface area (Å²) in [4.78, 5) is 24.0. The molecule has 2 rings (SSSR count). The van der Waals surface area contributed by atoms with Crippen molar-refractivity contribution in [3.63, 3.8) is 0 Å². The number of hydrogen-bond acceptors (Lipinski definition) is 2. The monoisotopic (exact) mass is 338 g/mol. The number of aryl methyl sites for hydroxylation is 5. The van der Waals surface area contributed by atoms with Crippen molar-refractivity contribution in [3.05, 3.63) is 64.2 Å². The first-order valence-electron chi connectivity index (χ1n) is 8.55. The van der Waals surface area contributed by atoms with E-state index >= 15 is 0 Å². The Hall–Kier alpha value is -2.62. The van der Waals surface area contributed by atoms with Crippen molar-refractivity contribution in [2.24, 2.45) is 0 Å². The molecule has 132 valence electrons. The minimum Gasteiger partial charge on any atom is -0.347 e. The SMILES string of the molecule is Cc1ccc(CCC(=O)NCC(=O)Nc2c(C)cc(C)cc2C)cc1. The van der Waals surface area contributed by atoms with Crippen LogP contribution >= 0.6 is 0 Å². The largest absolute Gasteiger partial charge is 0.347 e. The van der Waals surface area contributed by atoms with E-state index < -0.39 is 0 Å². The lowest BCUT2D eigenvalue weighted by atomic mass is 10.1. The summed E-state index contributed by atoms with van der Waals surface area (Å²) in [6, 6.07) is 12.2. The summed E-state index contributed by atoms with van der Waals surface area (Å²) in [5.41, 5.74) is 6.36. The smallest absolute Gasteiger partial charge is 0.243 e. The topological polar surface area (TPSA) is 58.2 Å². The van der Waals surface area contributed by atoms with Gasteiger partial charge < -0.3 is 10.6 Å². The quantitative estimate of drug-likeness (QED) is 0.845. The molecule has 0 aromatic heterocycles. The lowest BCUT2D eigenvalue weighted by Crippen LogP contribution is -2.33. The maximum Gasteiger partial charge on any atom is 0.243 e. The second kappa shape index (κ2) is 8.47. The fraction of sp³-hybridized carbons (Fsp3) is 0.333. The average molecular weight is 338 g/mol. The fourth-order valence-electron chi connectivity index (χ4n) is 2.84. The summed E-state index contributed by atoms with van der Waals surface area (Å²) in [7, 11) is 0. The van der Waals surface area contributed by atoms with Crippen molar-refractivity contribution >= 4 is 17.5 Å². The number of nitrogens with one attached hydrogen (secondary N) is 2. The van der Waals surface area contributed by atoms with Gasteiger partial charge in [0.15, 0.2) is 0 Å². The van der Waals surface area contributed by atoms with E-state index in [4.69, 9.17) is 0 Å². The van der Waals surface area contributed by atoms with E-state index in [1.165, 1.54) is 5.56 Å². The molecule has 2 N–H and O–H groups in total. The van der Waals surface area contributed by atoms with Crippen LogP contribution in [-0.2, 0) is 16.0 Å². The van der Waals surface area contributed by atoms with E-state index in [-0.39, 0.29) is 18.4 Å². The Kier molecular flexibility index (Phi) is 6.34. The van der Waals surface area contributed by atoms with E-state index in [2.05, 4.69) is 10.6 Å². The van der Waals surface area contributed by atoms with E-state index in [1.807, 2.05) is 64.1 Å². The normalized spacial score (nSPS) is 10.4. The Morgan fingerprint density at radius 2 is 1.44 bits per heavy atom. The van der Waals surface area contributed by atoms with Crippen molar-refractivity contribution in [1.29, 1.82) is 0 Å². The second-order valence-corrected chi connectivity index (χ2v) is 6.58. The molecule has 2 aromatic rings. The summed E-state index contributed by atoms with van der Waals surface area (Å²) >= 11 is 0. The van der Waals surface area contributed by atoms with Gasteiger partial charge in [0.1, 0.15) is 0 Å². The Morgan fingerprint density at radius 1 is 0.840 bits per heavy atom. The lowest BCUT2D eigenvalue weighted by Gasteiger charge is -2.13. The van der Waals surface area contributed by atoms with Crippen molar-refractivity contribution in [1.82, 2.24) is 5.32 Å². The zero-order valence-electron chi connectivity index (χ0n) is 15.4. The molecule has 0 radical (unpaired) electrons. The Labute approximate surface area is 149 Å². The zero-order chi connectivity index (χ0) is 18.4. The minimum absolute atomic E-state index is 0.0144. The zero-order valence-corrected chi connectivity index (χ0v) is 15.4. The number of benzene rings is 2. The third-order valence-corrected chi connectivity index (χ3v) is 4.15. The van der Waals surface area contributed by atoms with Crippen LogP contribution in [-0.4, -0.2) is 18.4 Å². The standard InChI is InChI=1S/C21H26N2O2/c1-14-5-7-18(8-6-14)9-10-19(24)22-13-20(25)23-21-16(3)11-15(2)12-17(21)4/h5-8,11-12H,9-10,13H2,1-4H3,(H,22,24)(H,23,25). The third kappa shape index (κ3) is 5.75. The van der Waals surface area contributed by atoms with Crippen LogP contribution in [0.2, 0.25) is 0 Å². The molecule has 2 amide bonds. The number of anilines is 1. The highest BCUT2D eigenvalue weighted by Gasteiger charge is 2.10. The molecule has 0 fully saturated rings. The Balaban J connectivity index is 1.79. The van der Waals surface area contributed by atoms with Crippen molar-refractivity contribution < 1.29 is 9.59 Å². The van der Waals surface area contributed by atoms with Crippen LogP contribution in [0.3, 0.4) is 0 Å². The van der Waals surface area contributed by atoms with E-state index in [1.54, 1.807) is 0 Å². The van der Waals surface area contributed by atoms with Crippen LogP contribution < -0.4 is 10.6 Å². The van der Waals surface area contributed by atoms with Crippen LogP contribution in [0.1, 0.15) is 34.2 Å². The molecule has 0 bridgehead atoms. The van der Waals surface area contributed by atoms with Gasteiger partial charge in [0, 0.05) is 12.1 Å². The molecule has 0 aliphatic heterocycles. The molecule has 0 saturated carbocycles. The van der Waals surface area contributed by atoms with Crippen LogP contribution in [0.4, 0.5) is 5.69 Å². The van der Waals surface area contributed by atoms with E-state index in [9.17, 15) is 9.59 Å². The molecular weight excluding hydrogens is 312 g/mol. The highest BCUT2D eigenvalue weighted by Crippen LogP contribution is 2.21. The van der Waals surface area contributed by atoms with Gasteiger partial charge in [-0.1, -0.05) is 47.5 Å². The highest BCUT2D eigenvalue weighted by atomic mass is 16.2. The summed E-state index contributed by atoms with van der Waals surface area (Å²) in [6.07, 6.45) is 1.04. The van der Waals surface area contributed by atoms with Crippen molar-refractivity contribution in [2.45, 2.75) is 40.5 Å². The van der Waals surface area contributed by atoms with Gasteiger partial charge in [0.25, 0.3) is 0 Å². The molecule has 0 saturated heterocycles. The molecule has 0 aliphatic carbocycles. The molecule has 0 atom stereocenters. The average Bonchev–Trinajstić information content (AvgIpc) is 2.55. The first kappa shape index (κ1) is 18.7. The predicted molar refractivity (Wildman–Crippen MR) is 102 cm³/mol. The molecule has 0 unspecified atom stereocenters. The molecule has 0 spiro atoms. The van der Waals surface area contributed by atoms with Gasteiger partial charge in [-0.25, -0.2) is 0 Å². The summed E-state index contributed by atoms with van der Waals surface area (Å²) in [5.74, 6) is -0.327. The highest BCUT2D eigenvalue weighted by molar-refractivity contribution is 5.95. The van der Waals surface area contributed by atoms with Gasteiger partial charge in [-0.3, -0.25) is 9.59 Å². The van der Waals surface area contributed by atoms with Gasteiger partial charge in [0.05, 0.1) is 6.54 Å². The van der Waals surface area contributed by atoms with Crippen LogP contribution in [0.15, 0.2) is 36.4 Å². The van der Waals surface area contributed by atoms with Gasteiger partial charge in [-0.2, -0.15) is 0 Å². The van der Waals surface area contributed by atoms with Crippen LogP contribution in [0.25, 0.3) is 0 Å². The third-order valence-electron chi connectivity index (χ3n) is 4.15. The molecule has 0 heterocycles. The van der Waals surface area contributed by atoms with Crippen molar-refractivity contribution in [3.8, 4) is 0 Å². The fourth-order valence-corrected chi connectivity index (χ4v) is 2.84. The lowest BCUT2D eigenvalue weighted by molar-refractivity contribution is -0.124. The van der Waals surface area contributed by atoms with Gasteiger partial charge in [-0.05, 0) is 50.8 Å². The molecule has 0 aliphatic rings. The summed E-state index contributed by atoms with van der Waals surface area (Å²) in [5, 5.41) is 5.57. The first-order chi connectivity index (χ1) is 11.8. The molecule has 4 nitrogen and oxygen atoms in total. The minimum atomic E-state index is -0.210. The van der Waals surface area contributed by atoms with E-state index in [0.29, 0.717) is 12.8 Å². The first-order valence-corrected chi connectivity index (χ1v) is 8.55. The number of carbonyl (C=O) groups is 2. The second-order valence-electron chi connectivity index (χ2n) is 6.58. The Morgan fingerprint density at radius 3 is 2.04 bits per heavy atom. The van der Waals surface area contributed by atoms with Crippen LogP contribution in [0, 0.1) is 27.7 Å². The van der Waals surface area contributed by atoms with Gasteiger partial charge >= 0.3 is 0 Å². The molecule has 2 aromatic carbocycles.